The minimum Gasteiger partial charge on any atom is -0.454 e. The number of benzene rings is 2. The van der Waals surface area contributed by atoms with E-state index in [1.807, 2.05) is 18.2 Å². The quantitative estimate of drug-likeness (QED) is 0.945. The molecule has 3 aliphatic rings. The van der Waals surface area contributed by atoms with Crippen LogP contribution in [-0.2, 0) is 11.3 Å². The first-order valence-electron chi connectivity index (χ1n) is 7.72. The van der Waals surface area contributed by atoms with E-state index < -0.39 is 0 Å². The Labute approximate surface area is 129 Å². The van der Waals surface area contributed by atoms with Gasteiger partial charge in [0.25, 0.3) is 0 Å². The molecule has 4 heteroatoms. The Balaban J connectivity index is 1.30. The Morgan fingerprint density at radius 1 is 1.05 bits per heavy atom. The van der Waals surface area contributed by atoms with Crippen LogP contribution in [0, 0.1) is 0 Å². The van der Waals surface area contributed by atoms with Gasteiger partial charge in [-0.3, -0.25) is 5.32 Å². The van der Waals surface area contributed by atoms with E-state index in [-0.39, 0.29) is 6.23 Å². The molecule has 2 aliphatic heterocycles. The highest BCUT2D eigenvalue weighted by Gasteiger charge is 2.47. The van der Waals surface area contributed by atoms with Crippen molar-refractivity contribution in [1.82, 2.24) is 5.32 Å². The summed E-state index contributed by atoms with van der Waals surface area (Å²) in [4.78, 5) is 0. The average molecular weight is 295 g/mol. The van der Waals surface area contributed by atoms with E-state index in [1.165, 1.54) is 11.1 Å². The molecule has 1 aliphatic carbocycles. The summed E-state index contributed by atoms with van der Waals surface area (Å²) in [5.74, 6) is 2.73. The van der Waals surface area contributed by atoms with Crippen molar-refractivity contribution in [2.24, 2.45) is 0 Å². The van der Waals surface area contributed by atoms with Gasteiger partial charge >= 0.3 is 0 Å². The molecule has 3 atom stereocenters. The first kappa shape index (κ1) is 12.5. The zero-order chi connectivity index (χ0) is 14.5. The van der Waals surface area contributed by atoms with Crippen LogP contribution in [0.2, 0.25) is 0 Å². The maximum atomic E-state index is 6.13. The fourth-order valence-corrected chi connectivity index (χ4v) is 3.83. The molecule has 5 rings (SSSR count). The molecule has 4 nitrogen and oxygen atoms in total. The van der Waals surface area contributed by atoms with Crippen molar-refractivity contribution in [3.05, 3.63) is 59.2 Å². The molecular formula is C18H17NO3. The number of nitrogens with one attached hydrogen (secondary N) is 1. The summed E-state index contributed by atoms with van der Waals surface area (Å²) in [5, 5.41) is 3.51. The maximum Gasteiger partial charge on any atom is 0.231 e. The number of ether oxygens (including phenoxy) is 3. The van der Waals surface area contributed by atoms with Crippen molar-refractivity contribution in [2.75, 3.05) is 13.3 Å². The standard InChI is InChI=1S/C18H17NO3/c1-2-4-13-12(3-1)14-8-19-18(17(13)14)20-9-11-5-6-15-16(7-11)22-10-21-15/h1-7,14,17-19H,8-10H2. The first-order chi connectivity index (χ1) is 10.9. The zero-order valence-corrected chi connectivity index (χ0v) is 12.1. The van der Waals surface area contributed by atoms with Gasteiger partial charge in [0, 0.05) is 18.4 Å². The number of hydrogen-bond donors (Lipinski definition) is 1. The SMILES string of the molecule is c1ccc2c(c1)C1CNC(OCc3ccc4c(c3)OCO4)C21. The van der Waals surface area contributed by atoms with Crippen LogP contribution in [0.25, 0.3) is 0 Å². The number of rotatable bonds is 3. The van der Waals surface area contributed by atoms with Gasteiger partial charge in [-0.05, 0) is 28.8 Å². The fourth-order valence-electron chi connectivity index (χ4n) is 3.83. The highest BCUT2D eigenvalue weighted by atomic mass is 16.7. The topological polar surface area (TPSA) is 39.7 Å². The Morgan fingerprint density at radius 2 is 1.91 bits per heavy atom. The molecule has 2 aromatic rings. The summed E-state index contributed by atoms with van der Waals surface area (Å²) in [7, 11) is 0. The highest BCUT2D eigenvalue weighted by Crippen LogP contribution is 2.51. The van der Waals surface area contributed by atoms with Crippen molar-refractivity contribution in [3.8, 4) is 11.5 Å². The number of hydrogen-bond acceptors (Lipinski definition) is 4. The van der Waals surface area contributed by atoms with E-state index >= 15 is 0 Å². The van der Waals surface area contributed by atoms with Crippen molar-refractivity contribution in [3.63, 3.8) is 0 Å². The molecule has 2 heterocycles. The van der Waals surface area contributed by atoms with E-state index in [2.05, 4.69) is 29.6 Å². The van der Waals surface area contributed by atoms with Gasteiger partial charge < -0.3 is 14.2 Å². The zero-order valence-electron chi connectivity index (χ0n) is 12.1. The Hall–Kier alpha value is -2.04. The molecular weight excluding hydrogens is 278 g/mol. The fraction of sp³-hybridized carbons (Fsp3) is 0.333. The summed E-state index contributed by atoms with van der Waals surface area (Å²) in [6, 6.07) is 14.7. The monoisotopic (exact) mass is 295 g/mol. The van der Waals surface area contributed by atoms with Crippen LogP contribution in [0.15, 0.2) is 42.5 Å². The van der Waals surface area contributed by atoms with Gasteiger partial charge in [0.2, 0.25) is 6.79 Å². The lowest BCUT2D eigenvalue weighted by Gasteiger charge is -2.36. The molecule has 3 unspecified atom stereocenters. The lowest BCUT2D eigenvalue weighted by molar-refractivity contribution is 0.0151. The Bertz CT molecular complexity index is 730. The first-order valence-corrected chi connectivity index (χ1v) is 7.72. The van der Waals surface area contributed by atoms with Gasteiger partial charge in [-0.2, -0.15) is 0 Å². The van der Waals surface area contributed by atoms with Crippen molar-refractivity contribution in [2.45, 2.75) is 24.7 Å². The van der Waals surface area contributed by atoms with Crippen molar-refractivity contribution < 1.29 is 14.2 Å². The van der Waals surface area contributed by atoms with Crippen LogP contribution in [0.3, 0.4) is 0 Å². The van der Waals surface area contributed by atoms with Crippen molar-refractivity contribution >= 4 is 0 Å². The predicted octanol–water partition coefficient (Wildman–Crippen LogP) is 2.74. The van der Waals surface area contributed by atoms with Gasteiger partial charge in [0.1, 0.15) is 6.23 Å². The summed E-state index contributed by atoms with van der Waals surface area (Å²) in [6.45, 7) is 1.90. The third-order valence-electron chi connectivity index (χ3n) is 4.92. The average Bonchev–Trinajstić information content (AvgIpc) is 3.14. The van der Waals surface area contributed by atoms with Crippen LogP contribution in [0.1, 0.15) is 28.5 Å². The second-order valence-electron chi connectivity index (χ2n) is 6.09. The summed E-state index contributed by atoms with van der Waals surface area (Å²) in [5.41, 5.74) is 4.03. The number of fused-ring (bicyclic) bond motifs is 5. The molecule has 2 aromatic carbocycles. The third kappa shape index (κ3) is 1.77. The molecule has 1 N–H and O–H groups in total. The second kappa shape index (κ2) is 4.73. The van der Waals surface area contributed by atoms with Gasteiger partial charge in [-0.15, -0.1) is 0 Å². The summed E-state index contributed by atoms with van der Waals surface area (Å²) in [6.07, 6.45) is 0.102. The predicted molar refractivity (Wildman–Crippen MR) is 81.1 cm³/mol. The van der Waals surface area contributed by atoms with Crippen molar-refractivity contribution in [1.29, 1.82) is 0 Å². The lowest BCUT2D eigenvalue weighted by Crippen LogP contribution is -2.32. The van der Waals surface area contributed by atoms with Crippen LogP contribution < -0.4 is 14.8 Å². The molecule has 0 amide bonds. The van der Waals surface area contributed by atoms with Gasteiger partial charge in [0.15, 0.2) is 11.5 Å². The van der Waals surface area contributed by atoms with Crippen LogP contribution >= 0.6 is 0 Å². The van der Waals surface area contributed by atoms with Crippen LogP contribution in [-0.4, -0.2) is 19.6 Å². The molecule has 112 valence electrons. The summed E-state index contributed by atoms with van der Waals surface area (Å²) < 4.78 is 16.9. The van der Waals surface area contributed by atoms with E-state index in [4.69, 9.17) is 14.2 Å². The Morgan fingerprint density at radius 3 is 2.86 bits per heavy atom. The minimum atomic E-state index is 0.102. The molecule has 1 fully saturated rings. The largest absolute Gasteiger partial charge is 0.454 e. The van der Waals surface area contributed by atoms with E-state index in [9.17, 15) is 0 Å². The van der Waals surface area contributed by atoms with E-state index in [0.717, 1.165) is 23.6 Å². The molecule has 1 saturated heterocycles. The van der Waals surface area contributed by atoms with E-state index in [0.29, 0.717) is 25.2 Å². The molecule has 0 radical (unpaired) electrons. The molecule has 0 saturated carbocycles. The van der Waals surface area contributed by atoms with Crippen LogP contribution in [0.5, 0.6) is 11.5 Å². The third-order valence-corrected chi connectivity index (χ3v) is 4.92. The molecule has 0 spiro atoms. The Kier molecular flexibility index (Phi) is 2.69. The highest BCUT2D eigenvalue weighted by molar-refractivity contribution is 5.48. The molecule has 0 bridgehead atoms. The molecule has 0 aromatic heterocycles. The molecule has 22 heavy (non-hydrogen) atoms. The van der Waals surface area contributed by atoms with E-state index in [1.54, 1.807) is 0 Å². The smallest absolute Gasteiger partial charge is 0.231 e. The minimum absolute atomic E-state index is 0.102. The van der Waals surface area contributed by atoms with Gasteiger partial charge in [-0.25, -0.2) is 0 Å². The van der Waals surface area contributed by atoms with Crippen LogP contribution in [0.4, 0.5) is 0 Å². The second-order valence-corrected chi connectivity index (χ2v) is 6.09. The maximum absolute atomic E-state index is 6.13. The van der Waals surface area contributed by atoms with Gasteiger partial charge in [-0.1, -0.05) is 30.3 Å². The normalized spacial score (nSPS) is 27.2. The van der Waals surface area contributed by atoms with Gasteiger partial charge in [0.05, 0.1) is 6.61 Å². The lowest BCUT2D eigenvalue weighted by atomic mass is 9.69. The summed E-state index contributed by atoms with van der Waals surface area (Å²) >= 11 is 0.